The number of carbonyl (C=O) groups is 4. The second-order valence-corrected chi connectivity index (χ2v) is 8.25. The molecule has 4 N–H and O–H groups in total. The third kappa shape index (κ3) is 3.82. The maximum absolute atomic E-state index is 12.5. The molecule has 154 valence electrons. The van der Waals surface area contributed by atoms with E-state index < -0.39 is 23.9 Å². The number of nitrogens with one attached hydrogen (secondary N) is 2. The van der Waals surface area contributed by atoms with Crippen LogP contribution in [0.15, 0.2) is 0 Å². The molecular formula is C20H23N3O5S. The number of ketones is 1. The number of thiophene rings is 1. The van der Waals surface area contributed by atoms with E-state index in [9.17, 15) is 19.2 Å². The van der Waals surface area contributed by atoms with E-state index in [4.69, 9.17) is 10.5 Å². The van der Waals surface area contributed by atoms with Gasteiger partial charge in [-0.1, -0.05) is 0 Å². The van der Waals surface area contributed by atoms with Crippen LogP contribution in [0.5, 0.6) is 0 Å². The zero-order valence-corrected chi connectivity index (χ0v) is 17.5. The van der Waals surface area contributed by atoms with Gasteiger partial charge in [-0.25, -0.2) is 4.79 Å². The van der Waals surface area contributed by atoms with Gasteiger partial charge in [-0.3, -0.25) is 14.4 Å². The number of aromatic amines is 1. The second-order valence-electron chi connectivity index (χ2n) is 7.14. The van der Waals surface area contributed by atoms with Crippen molar-refractivity contribution in [3.05, 3.63) is 38.5 Å². The Hall–Kier alpha value is -2.94. The molecule has 0 bridgehead atoms. The number of Topliss-reactive ketones (excluding diaryl/α,β-unsaturated/α-hetero) is 1. The first kappa shape index (κ1) is 20.8. The summed E-state index contributed by atoms with van der Waals surface area (Å²) >= 11 is 1.33. The number of H-pyrrole nitrogens is 1. The van der Waals surface area contributed by atoms with Gasteiger partial charge in [0.1, 0.15) is 10.7 Å². The molecule has 0 unspecified atom stereocenters. The van der Waals surface area contributed by atoms with Crippen molar-refractivity contribution in [3.63, 3.8) is 0 Å². The van der Waals surface area contributed by atoms with Crippen molar-refractivity contribution >= 4 is 39.9 Å². The lowest BCUT2D eigenvalue weighted by Crippen LogP contribution is -2.30. The fraction of sp³-hybridized carbons (Fsp3) is 0.400. The fourth-order valence-corrected chi connectivity index (χ4v) is 5.02. The number of ether oxygens (including phenoxy) is 1. The van der Waals surface area contributed by atoms with E-state index in [2.05, 4.69) is 10.3 Å². The molecule has 9 heteroatoms. The van der Waals surface area contributed by atoms with Crippen LogP contribution in [-0.2, 0) is 22.4 Å². The van der Waals surface area contributed by atoms with E-state index in [0.29, 0.717) is 27.4 Å². The largest absolute Gasteiger partial charge is 0.448 e. The SMILES string of the molecule is CC(=O)c1c(C)[nH]c(C(=O)O[C@@H](C)C(=O)Nc2sc3c(c2C(N)=O)CCC3)c1C. The van der Waals surface area contributed by atoms with E-state index in [1.807, 2.05) is 0 Å². The first-order valence-electron chi connectivity index (χ1n) is 9.28. The first-order valence-corrected chi connectivity index (χ1v) is 10.1. The highest BCUT2D eigenvalue weighted by Gasteiger charge is 2.29. The van der Waals surface area contributed by atoms with E-state index in [1.54, 1.807) is 13.8 Å². The van der Waals surface area contributed by atoms with Crippen molar-refractivity contribution in [2.45, 2.75) is 53.1 Å². The molecule has 0 aromatic carbocycles. The Bertz CT molecular complexity index is 1030. The molecule has 3 rings (SSSR count). The Kier molecular flexibility index (Phi) is 5.61. The van der Waals surface area contributed by atoms with Crippen LogP contribution >= 0.6 is 11.3 Å². The van der Waals surface area contributed by atoms with Gasteiger partial charge in [0.2, 0.25) is 0 Å². The van der Waals surface area contributed by atoms with Crippen molar-refractivity contribution in [1.82, 2.24) is 4.98 Å². The molecule has 0 fully saturated rings. The summed E-state index contributed by atoms with van der Waals surface area (Å²) in [6, 6.07) is 0. The van der Waals surface area contributed by atoms with Gasteiger partial charge in [0.15, 0.2) is 11.9 Å². The topological polar surface area (TPSA) is 131 Å². The summed E-state index contributed by atoms with van der Waals surface area (Å²) in [7, 11) is 0. The average molecular weight is 417 g/mol. The van der Waals surface area contributed by atoms with Crippen LogP contribution in [0.25, 0.3) is 0 Å². The molecule has 1 atom stereocenters. The fourth-order valence-electron chi connectivity index (χ4n) is 3.72. The molecule has 0 aliphatic heterocycles. The van der Waals surface area contributed by atoms with Gasteiger partial charge < -0.3 is 20.8 Å². The van der Waals surface area contributed by atoms with Crippen molar-refractivity contribution in [3.8, 4) is 0 Å². The first-order chi connectivity index (χ1) is 13.6. The summed E-state index contributed by atoms with van der Waals surface area (Å²) in [4.78, 5) is 52.5. The van der Waals surface area contributed by atoms with Crippen molar-refractivity contribution < 1.29 is 23.9 Å². The molecule has 0 spiro atoms. The minimum atomic E-state index is -1.11. The number of aryl methyl sites for hydroxylation is 2. The number of hydrogen-bond donors (Lipinski definition) is 3. The maximum atomic E-state index is 12.5. The normalized spacial score (nSPS) is 13.7. The van der Waals surface area contributed by atoms with Crippen LogP contribution in [-0.4, -0.2) is 34.7 Å². The Labute approximate surface area is 171 Å². The zero-order chi connectivity index (χ0) is 21.5. The van der Waals surface area contributed by atoms with Gasteiger partial charge in [-0.2, -0.15) is 0 Å². The number of hydrogen-bond acceptors (Lipinski definition) is 6. The Morgan fingerprint density at radius 2 is 1.86 bits per heavy atom. The molecular weight excluding hydrogens is 394 g/mol. The molecule has 2 aromatic rings. The smallest absolute Gasteiger partial charge is 0.355 e. The lowest BCUT2D eigenvalue weighted by Gasteiger charge is -2.13. The van der Waals surface area contributed by atoms with Crippen LogP contribution in [0.4, 0.5) is 5.00 Å². The quantitative estimate of drug-likeness (QED) is 0.491. The van der Waals surface area contributed by atoms with Crippen LogP contribution < -0.4 is 11.1 Å². The van der Waals surface area contributed by atoms with E-state index in [0.717, 1.165) is 29.7 Å². The van der Waals surface area contributed by atoms with Crippen molar-refractivity contribution in [2.24, 2.45) is 5.73 Å². The van der Waals surface area contributed by atoms with E-state index in [1.165, 1.54) is 25.2 Å². The van der Waals surface area contributed by atoms with Crippen molar-refractivity contribution in [2.75, 3.05) is 5.32 Å². The second kappa shape index (κ2) is 7.82. The molecule has 29 heavy (non-hydrogen) atoms. The molecule has 8 nitrogen and oxygen atoms in total. The number of carbonyl (C=O) groups excluding carboxylic acids is 4. The summed E-state index contributed by atoms with van der Waals surface area (Å²) in [6.07, 6.45) is 1.46. The number of fused-ring (bicyclic) bond motifs is 1. The highest BCUT2D eigenvalue weighted by molar-refractivity contribution is 7.17. The molecule has 2 heterocycles. The molecule has 1 aliphatic rings. The van der Waals surface area contributed by atoms with Crippen LogP contribution in [0.2, 0.25) is 0 Å². The minimum Gasteiger partial charge on any atom is -0.448 e. The summed E-state index contributed by atoms with van der Waals surface area (Å²) in [6.45, 7) is 6.20. The van der Waals surface area contributed by atoms with Crippen molar-refractivity contribution in [1.29, 1.82) is 0 Å². The third-order valence-corrected chi connectivity index (χ3v) is 6.26. The highest BCUT2D eigenvalue weighted by Crippen LogP contribution is 2.38. The third-order valence-electron chi connectivity index (χ3n) is 5.05. The monoisotopic (exact) mass is 417 g/mol. The van der Waals surface area contributed by atoms with Gasteiger partial charge in [-0.15, -0.1) is 11.3 Å². The zero-order valence-electron chi connectivity index (χ0n) is 16.7. The Morgan fingerprint density at radius 3 is 2.45 bits per heavy atom. The van der Waals surface area contributed by atoms with Gasteiger partial charge in [0, 0.05) is 16.1 Å². The Morgan fingerprint density at radius 1 is 1.17 bits per heavy atom. The molecule has 0 saturated carbocycles. The summed E-state index contributed by atoms with van der Waals surface area (Å²) in [5.41, 5.74) is 8.37. The lowest BCUT2D eigenvalue weighted by molar-refractivity contribution is -0.123. The predicted molar refractivity (Wildman–Crippen MR) is 109 cm³/mol. The maximum Gasteiger partial charge on any atom is 0.355 e. The number of esters is 1. The highest BCUT2D eigenvalue weighted by atomic mass is 32.1. The van der Waals surface area contributed by atoms with Gasteiger partial charge in [-0.05, 0) is 58.1 Å². The predicted octanol–water partition coefficient (Wildman–Crippen LogP) is 2.67. The minimum absolute atomic E-state index is 0.139. The van der Waals surface area contributed by atoms with Gasteiger partial charge in [0.05, 0.1) is 5.56 Å². The molecule has 1 aliphatic carbocycles. The number of rotatable bonds is 6. The molecule has 2 amide bonds. The number of anilines is 1. The number of nitrogens with two attached hydrogens (primary N) is 1. The van der Waals surface area contributed by atoms with Crippen LogP contribution in [0.1, 0.15) is 73.2 Å². The lowest BCUT2D eigenvalue weighted by atomic mass is 10.1. The standard InChI is InChI=1S/C20H23N3O5S/c1-8-14(10(3)24)9(2)22-16(8)20(27)28-11(4)18(26)23-19-15(17(21)25)12-6-5-7-13(12)29-19/h11,22H,5-7H2,1-4H3,(H2,21,25)(H,23,26)/t11-/m0/s1. The van der Waals surface area contributed by atoms with Gasteiger partial charge in [0.25, 0.3) is 11.8 Å². The molecule has 0 radical (unpaired) electrons. The average Bonchev–Trinajstić information content (AvgIpc) is 3.26. The summed E-state index contributed by atoms with van der Waals surface area (Å²) < 4.78 is 5.27. The Balaban J connectivity index is 1.74. The van der Waals surface area contributed by atoms with E-state index in [-0.39, 0.29) is 11.5 Å². The number of aromatic nitrogens is 1. The van der Waals surface area contributed by atoms with Gasteiger partial charge >= 0.3 is 5.97 Å². The molecule has 0 saturated heterocycles. The summed E-state index contributed by atoms with van der Waals surface area (Å²) in [5, 5.41) is 3.05. The van der Waals surface area contributed by atoms with Crippen LogP contribution in [0.3, 0.4) is 0 Å². The van der Waals surface area contributed by atoms with E-state index >= 15 is 0 Å². The molecule has 2 aromatic heterocycles. The van der Waals surface area contributed by atoms with Crippen LogP contribution in [0, 0.1) is 13.8 Å². The number of amides is 2. The number of primary amides is 1. The summed E-state index contributed by atoms with van der Waals surface area (Å²) in [5.74, 6) is -2.04.